The number of nitrogens with zero attached hydrogens (tertiary/aromatic N) is 1. The van der Waals surface area contributed by atoms with Gasteiger partial charge in [0.05, 0.1) is 10.4 Å². The molecule has 2 aliphatic rings. The minimum atomic E-state index is -0.453. The van der Waals surface area contributed by atoms with E-state index in [1.807, 2.05) is 36.4 Å². The molecule has 0 saturated heterocycles. The summed E-state index contributed by atoms with van der Waals surface area (Å²) in [5.41, 5.74) is 1.44. The van der Waals surface area contributed by atoms with Gasteiger partial charge in [-0.1, -0.05) is 30.3 Å². The van der Waals surface area contributed by atoms with E-state index in [9.17, 15) is 9.59 Å². The number of thiophene rings is 1. The molecule has 1 fully saturated rings. The summed E-state index contributed by atoms with van der Waals surface area (Å²) in [5, 5.41) is 8.10. The van der Waals surface area contributed by atoms with E-state index in [0.29, 0.717) is 22.9 Å². The molecule has 5 heteroatoms. The molecule has 1 aromatic carbocycles. The molecule has 0 radical (unpaired) electrons. The fraction of sp³-hybridized carbons (Fsp3) is 0.235. The second kappa shape index (κ2) is 4.88. The monoisotopic (exact) mass is 310 g/mol. The maximum Gasteiger partial charge on any atom is 0.280 e. The molecule has 4 rings (SSSR count). The lowest BCUT2D eigenvalue weighted by Crippen LogP contribution is -2.46. The lowest BCUT2D eigenvalue weighted by molar-refractivity contribution is -0.122. The van der Waals surface area contributed by atoms with Crippen LogP contribution in [0.2, 0.25) is 0 Å². The van der Waals surface area contributed by atoms with Crippen LogP contribution in [0.5, 0.6) is 0 Å². The normalized spacial score (nSPS) is 17.8. The Labute approximate surface area is 131 Å². The molecule has 2 heterocycles. The van der Waals surface area contributed by atoms with E-state index in [2.05, 4.69) is 0 Å². The Morgan fingerprint density at radius 1 is 1.14 bits per heavy atom. The van der Waals surface area contributed by atoms with Crippen LogP contribution < -0.4 is 0 Å². The molecule has 0 unspecified atom stereocenters. The van der Waals surface area contributed by atoms with Gasteiger partial charge in [0.2, 0.25) is 0 Å². The van der Waals surface area contributed by atoms with Crippen molar-refractivity contribution in [1.29, 1.82) is 5.41 Å². The minimum absolute atomic E-state index is 0.0533. The molecule has 22 heavy (non-hydrogen) atoms. The summed E-state index contributed by atoms with van der Waals surface area (Å²) in [6.45, 7) is 0.454. The smallest absolute Gasteiger partial charge is 0.280 e. The fourth-order valence-corrected chi connectivity index (χ4v) is 3.77. The third-order valence-electron chi connectivity index (χ3n) is 4.09. The first-order valence-corrected chi connectivity index (χ1v) is 8.11. The van der Waals surface area contributed by atoms with Crippen LogP contribution in [-0.2, 0) is 4.79 Å². The Kier molecular flexibility index (Phi) is 2.97. The summed E-state index contributed by atoms with van der Waals surface area (Å²) in [6, 6.07) is 11.6. The number of benzene rings is 1. The molecule has 0 atom stereocenters. The molecule has 110 valence electrons. The fourth-order valence-electron chi connectivity index (χ4n) is 2.67. The zero-order chi connectivity index (χ0) is 15.3. The summed E-state index contributed by atoms with van der Waals surface area (Å²) >= 11 is 1.35. The van der Waals surface area contributed by atoms with Crippen LogP contribution in [-0.4, -0.2) is 29.0 Å². The van der Waals surface area contributed by atoms with E-state index in [0.717, 1.165) is 23.3 Å². The molecule has 4 nitrogen and oxygen atoms in total. The van der Waals surface area contributed by atoms with Crippen LogP contribution in [0.1, 0.15) is 28.1 Å². The molecule has 0 bridgehead atoms. The van der Waals surface area contributed by atoms with E-state index in [4.69, 9.17) is 5.41 Å². The van der Waals surface area contributed by atoms with Crippen LogP contribution in [0.4, 0.5) is 0 Å². The summed E-state index contributed by atoms with van der Waals surface area (Å²) in [4.78, 5) is 27.6. The molecular formula is C17H14N2O2S. The molecule has 2 aromatic rings. The van der Waals surface area contributed by atoms with Gasteiger partial charge in [-0.2, -0.15) is 0 Å². The van der Waals surface area contributed by atoms with Gasteiger partial charge in [-0.3, -0.25) is 19.9 Å². The van der Waals surface area contributed by atoms with Crippen molar-refractivity contribution in [1.82, 2.24) is 4.90 Å². The lowest BCUT2D eigenvalue weighted by Gasteiger charge is -2.25. The van der Waals surface area contributed by atoms with Gasteiger partial charge in [0.1, 0.15) is 5.71 Å². The largest absolute Gasteiger partial charge is 0.294 e. The highest BCUT2D eigenvalue weighted by atomic mass is 32.1. The Morgan fingerprint density at radius 2 is 1.86 bits per heavy atom. The van der Waals surface area contributed by atoms with Crippen molar-refractivity contribution in [2.45, 2.75) is 12.8 Å². The second-order valence-electron chi connectivity index (χ2n) is 5.76. The third kappa shape index (κ3) is 2.09. The first-order valence-electron chi connectivity index (χ1n) is 7.29. The number of hydrogen-bond acceptors (Lipinski definition) is 4. The van der Waals surface area contributed by atoms with Crippen LogP contribution >= 0.6 is 11.3 Å². The van der Waals surface area contributed by atoms with Gasteiger partial charge in [-0.25, -0.2) is 0 Å². The van der Waals surface area contributed by atoms with E-state index in [1.54, 1.807) is 0 Å². The quantitative estimate of drug-likeness (QED) is 0.885. The summed E-state index contributed by atoms with van der Waals surface area (Å²) < 4.78 is 0. The second-order valence-corrected chi connectivity index (χ2v) is 6.81. The minimum Gasteiger partial charge on any atom is -0.294 e. The lowest BCUT2D eigenvalue weighted by atomic mass is 10.0. The Morgan fingerprint density at radius 3 is 2.55 bits per heavy atom. The van der Waals surface area contributed by atoms with Crippen LogP contribution in [0, 0.1) is 11.3 Å². The number of carbonyl (C=O) groups excluding carboxylic acids is 2. The van der Waals surface area contributed by atoms with Crippen LogP contribution in [0.3, 0.4) is 0 Å². The molecule has 1 saturated carbocycles. The van der Waals surface area contributed by atoms with Gasteiger partial charge in [0.15, 0.2) is 0 Å². The van der Waals surface area contributed by atoms with Crippen molar-refractivity contribution in [2.75, 3.05) is 6.54 Å². The average molecular weight is 310 g/mol. The molecule has 2 amide bonds. The number of imide groups is 1. The topological polar surface area (TPSA) is 61.2 Å². The van der Waals surface area contributed by atoms with Crippen molar-refractivity contribution in [3.8, 4) is 10.4 Å². The number of rotatable bonds is 3. The number of hydrogen-bond donors (Lipinski definition) is 1. The molecule has 1 aromatic heterocycles. The predicted octanol–water partition coefficient (Wildman–Crippen LogP) is 3.18. The highest BCUT2D eigenvalue weighted by molar-refractivity contribution is 7.18. The number of amides is 2. The van der Waals surface area contributed by atoms with Gasteiger partial charge in [-0.15, -0.1) is 11.3 Å². The van der Waals surface area contributed by atoms with Gasteiger partial charge in [-0.05, 0) is 30.4 Å². The highest BCUT2D eigenvalue weighted by Crippen LogP contribution is 2.37. The first kappa shape index (κ1) is 13.4. The predicted molar refractivity (Wildman–Crippen MR) is 85.4 cm³/mol. The zero-order valence-electron chi connectivity index (χ0n) is 11.8. The van der Waals surface area contributed by atoms with Crippen molar-refractivity contribution >= 4 is 28.9 Å². The summed E-state index contributed by atoms with van der Waals surface area (Å²) in [5.74, 6) is -0.276. The molecule has 1 aliphatic heterocycles. The maximum atomic E-state index is 12.6. The highest BCUT2D eigenvalue weighted by Gasteiger charge is 2.39. The van der Waals surface area contributed by atoms with Crippen molar-refractivity contribution in [3.63, 3.8) is 0 Å². The number of fused-ring (bicyclic) bond motifs is 1. The van der Waals surface area contributed by atoms with Crippen molar-refractivity contribution in [2.24, 2.45) is 5.92 Å². The van der Waals surface area contributed by atoms with E-state index >= 15 is 0 Å². The van der Waals surface area contributed by atoms with Crippen molar-refractivity contribution in [3.05, 3.63) is 46.8 Å². The Balaban J connectivity index is 1.76. The molecular weight excluding hydrogens is 296 g/mol. The third-order valence-corrected chi connectivity index (χ3v) is 5.29. The van der Waals surface area contributed by atoms with Gasteiger partial charge in [0, 0.05) is 11.4 Å². The Hall–Kier alpha value is -2.27. The molecule has 1 N–H and O–H groups in total. The van der Waals surface area contributed by atoms with Gasteiger partial charge in [0.25, 0.3) is 11.8 Å². The summed E-state index contributed by atoms with van der Waals surface area (Å²) in [7, 11) is 0. The number of carbonyl (C=O) groups is 2. The molecule has 0 spiro atoms. The number of nitrogens with one attached hydrogen (secondary N) is 1. The summed E-state index contributed by atoms with van der Waals surface area (Å²) in [6.07, 6.45) is 2.13. The zero-order valence-corrected chi connectivity index (χ0v) is 12.7. The Bertz CT molecular complexity index is 790. The van der Waals surface area contributed by atoms with Crippen LogP contribution in [0.15, 0.2) is 36.4 Å². The SMILES string of the molecule is N=C1C(=O)N(CC2CC2)C(=O)c2cc(-c3ccccc3)sc21. The van der Waals surface area contributed by atoms with E-state index in [1.165, 1.54) is 16.2 Å². The van der Waals surface area contributed by atoms with E-state index < -0.39 is 5.91 Å². The maximum absolute atomic E-state index is 12.6. The van der Waals surface area contributed by atoms with Crippen LogP contribution in [0.25, 0.3) is 10.4 Å². The van der Waals surface area contributed by atoms with Gasteiger partial charge < -0.3 is 0 Å². The van der Waals surface area contributed by atoms with Gasteiger partial charge >= 0.3 is 0 Å². The van der Waals surface area contributed by atoms with Crippen molar-refractivity contribution < 1.29 is 9.59 Å². The first-order chi connectivity index (χ1) is 10.6. The molecule has 1 aliphatic carbocycles. The standard InChI is InChI=1S/C17H14N2O2S/c18-14-15-12(8-13(22-15)11-4-2-1-3-5-11)16(20)19(17(14)21)9-10-6-7-10/h1-5,8,10,18H,6-7,9H2. The average Bonchev–Trinajstić information content (AvgIpc) is 3.25. The van der Waals surface area contributed by atoms with E-state index in [-0.39, 0.29) is 11.6 Å².